The highest BCUT2D eigenvalue weighted by molar-refractivity contribution is 6.22. The van der Waals surface area contributed by atoms with E-state index in [2.05, 4.69) is 0 Å². The van der Waals surface area contributed by atoms with Gasteiger partial charge in [-0.25, -0.2) is 4.90 Å². The quantitative estimate of drug-likeness (QED) is 0.230. The molecule has 0 radical (unpaired) electrons. The molecule has 0 unspecified atom stereocenters. The number of nitrogens with zero attached hydrogens (tertiary/aromatic N) is 2. The number of ether oxygens (including phenoxy) is 1. The van der Waals surface area contributed by atoms with Gasteiger partial charge in [-0.3, -0.25) is 19.2 Å². The molecular weight excluding hydrogens is 468 g/mol. The molecule has 2 heterocycles. The number of rotatable bonds is 4. The van der Waals surface area contributed by atoms with Crippen LogP contribution in [0.2, 0.25) is 0 Å². The lowest BCUT2D eigenvalue weighted by atomic mass is 9.85. The van der Waals surface area contributed by atoms with E-state index in [0.29, 0.717) is 29.8 Å². The maximum absolute atomic E-state index is 13.0. The van der Waals surface area contributed by atoms with E-state index in [1.165, 1.54) is 4.90 Å². The standard InChI is InChI=1S/C30H26N2O5/c1-18-15-21(13-14-25(18)32-28(34)23-10-4-5-11-24(23)29(32)35)37-30(36)20-16-27(33)31(17-20)26-12-6-8-19-7-2-3-9-22(19)26/h2-9,12-15,20,23-24H,10-11,16-17H2,1H3/t20-,23-,24-/m1/s1. The van der Waals surface area contributed by atoms with Crippen LogP contribution in [0.1, 0.15) is 24.8 Å². The molecule has 0 aromatic heterocycles. The van der Waals surface area contributed by atoms with Crippen molar-refractivity contribution in [3.05, 3.63) is 78.4 Å². The first-order chi connectivity index (χ1) is 17.9. The Hall–Kier alpha value is -4.26. The highest BCUT2D eigenvalue weighted by Gasteiger charge is 2.48. The predicted molar refractivity (Wildman–Crippen MR) is 139 cm³/mol. The van der Waals surface area contributed by atoms with Crippen LogP contribution in [0.3, 0.4) is 0 Å². The van der Waals surface area contributed by atoms with Crippen molar-refractivity contribution in [1.82, 2.24) is 0 Å². The van der Waals surface area contributed by atoms with Crippen molar-refractivity contribution in [2.75, 3.05) is 16.3 Å². The summed E-state index contributed by atoms with van der Waals surface area (Å²) in [4.78, 5) is 54.7. The average molecular weight is 495 g/mol. The number of esters is 1. The van der Waals surface area contributed by atoms with Gasteiger partial charge in [0.2, 0.25) is 17.7 Å². The van der Waals surface area contributed by atoms with Crippen molar-refractivity contribution in [3.63, 3.8) is 0 Å². The first-order valence-electron chi connectivity index (χ1n) is 12.6. The number of benzene rings is 3. The molecule has 3 amide bonds. The summed E-state index contributed by atoms with van der Waals surface area (Å²) in [7, 11) is 0. The fourth-order valence-corrected chi connectivity index (χ4v) is 5.72. The number of aryl methyl sites for hydroxylation is 1. The molecule has 0 spiro atoms. The van der Waals surface area contributed by atoms with Gasteiger partial charge in [0, 0.05) is 18.4 Å². The molecule has 2 fully saturated rings. The van der Waals surface area contributed by atoms with Crippen molar-refractivity contribution in [3.8, 4) is 5.75 Å². The third kappa shape index (κ3) is 3.91. The summed E-state index contributed by atoms with van der Waals surface area (Å²) in [6, 6.07) is 18.5. The molecule has 1 aliphatic carbocycles. The molecule has 186 valence electrons. The summed E-state index contributed by atoms with van der Waals surface area (Å²) in [6.07, 6.45) is 5.15. The fourth-order valence-electron chi connectivity index (χ4n) is 5.72. The average Bonchev–Trinajstić information content (AvgIpc) is 3.41. The maximum atomic E-state index is 13.0. The number of imide groups is 1. The maximum Gasteiger partial charge on any atom is 0.316 e. The summed E-state index contributed by atoms with van der Waals surface area (Å²) in [6.45, 7) is 2.03. The minimum Gasteiger partial charge on any atom is -0.426 e. The lowest BCUT2D eigenvalue weighted by Crippen LogP contribution is -2.31. The molecule has 3 aromatic rings. The Kier molecular flexibility index (Phi) is 5.63. The van der Waals surface area contributed by atoms with Gasteiger partial charge in [0.1, 0.15) is 5.75 Å². The van der Waals surface area contributed by atoms with E-state index in [4.69, 9.17) is 4.74 Å². The number of carbonyl (C=O) groups excluding carboxylic acids is 4. The van der Waals surface area contributed by atoms with E-state index >= 15 is 0 Å². The topological polar surface area (TPSA) is 84.0 Å². The number of hydrogen-bond donors (Lipinski definition) is 0. The van der Waals surface area contributed by atoms with Gasteiger partial charge in [-0.1, -0.05) is 48.6 Å². The summed E-state index contributed by atoms with van der Waals surface area (Å²) in [5.41, 5.74) is 1.97. The number of anilines is 2. The first kappa shape index (κ1) is 23.2. The third-order valence-electron chi connectivity index (χ3n) is 7.65. The highest BCUT2D eigenvalue weighted by Crippen LogP contribution is 2.39. The van der Waals surface area contributed by atoms with Crippen LogP contribution in [0.15, 0.2) is 72.8 Å². The van der Waals surface area contributed by atoms with Gasteiger partial charge in [0.25, 0.3) is 0 Å². The molecule has 3 atom stereocenters. The minimum atomic E-state index is -0.594. The van der Waals surface area contributed by atoms with Gasteiger partial charge in [-0.15, -0.1) is 0 Å². The van der Waals surface area contributed by atoms with Crippen LogP contribution in [-0.4, -0.2) is 30.2 Å². The molecule has 3 aliphatic rings. The lowest BCUT2D eigenvalue weighted by Gasteiger charge is -2.19. The highest BCUT2D eigenvalue weighted by atomic mass is 16.5. The van der Waals surface area contributed by atoms with Crippen molar-refractivity contribution in [2.45, 2.75) is 26.2 Å². The Morgan fingerprint density at radius 2 is 1.57 bits per heavy atom. The Morgan fingerprint density at radius 3 is 2.30 bits per heavy atom. The van der Waals surface area contributed by atoms with Gasteiger partial charge in [-0.05, 0) is 55.0 Å². The van der Waals surface area contributed by atoms with Crippen molar-refractivity contribution >= 4 is 45.8 Å². The van der Waals surface area contributed by atoms with Crippen LogP contribution >= 0.6 is 0 Å². The van der Waals surface area contributed by atoms with Gasteiger partial charge >= 0.3 is 5.97 Å². The second kappa shape index (κ2) is 9.00. The van der Waals surface area contributed by atoms with E-state index in [-0.39, 0.29) is 42.5 Å². The second-order valence-electron chi connectivity index (χ2n) is 9.94. The molecule has 2 aliphatic heterocycles. The van der Waals surface area contributed by atoms with Gasteiger partial charge < -0.3 is 9.64 Å². The molecule has 7 nitrogen and oxygen atoms in total. The van der Waals surface area contributed by atoms with E-state index in [9.17, 15) is 19.2 Å². The van der Waals surface area contributed by atoms with E-state index in [1.54, 1.807) is 30.0 Å². The van der Waals surface area contributed by atoms with Crippen LogP contribution in [0.25, 0.3) is 10.8 Å². The largest absolute Gasteiger partial charge is 0.426 e. The molecule has 0 N–H and O–H groups in total. The zero-order chi connectivity index (χ0) is 25.7. The molecule has 37 heavy (non-hydrogen) atoms. The summed E-state index contributed by atoms with van der Waals surface area (Å²) >= 11 is 0. The third-order valence-corrected chi connectivity index (χ3v) is 7.65. The van der Waals surface area contributed by atoms with Crippen molar-refractivity contribution in [2.24, 2.45) is 17.8 Å². The van der Waals surface area contributed by atoms with Crippen LogP contribution in [0.5, 0.6) is 5.75 Å². The second-order valence-corrected chi connectivity index (χ2v) is 9.94. The molecule has 6 rings (SSSR count). The Balaban J connectivity index is 1.17. The molecular formula is C30H26N2O5. The molecule has 0 bridgehead atoms. The molecule has 7 heteroatoms. The van der Waals surface area contributed by atoms with Crippen LogP contribution in [0.4, 0.5) is 11.4 Å². The van der Waals surface area contributed by atoms with Crippen LogP contribution in [0, 0.1) is 24.7 Å². The number of amides is 3. The van der Waals surface area contributed by atoms with E-state index in [0.717, 1.165) is 16.5 Å². The zero-order valence-corrected chi connectivity index (χ0v) is 20.4. The molecule has 3 aromatic carbocycles. The SMILES string of the molecule is Cc1cc(OC(=O)[C@@H]2CC(=O)N(c3cccc4ccccc34)C2)ccc1N1C(=O)[C@@H]2CC=CC[C@H]2C1=O. The summed E-state index contributed by atoms with van der Waals surface area (Å²) in [5.74, 6) is -1.84. The Bertz CT molecular complexity index is 1460. The first-order valence-corrected chi connectivity index (χ1v) is 12.6. The summed E-state index contributed by atoms with van der Waals surface area (Å²) < 4.78 is 5.65. The predicted octanol–water partition coefficient (Wildman–Crippen LogP) is 4.56. The van der Waals surface area contributed by atoms with Crippen LogP contribution in [-0.2, 0) is 19.2 Å². The Morgan fingerprint density at radius 1 is 0.865 bits per heavy atom. The van der Waals surface area contributed by atoms with E-state index in [1.807, 2.05) is 54.6 Å². The smallest absolute Gasteiger partial charge is 0.316 e. The minimum absolute atomic E-state index is 0.0761. The lowest BCUT2D eigenvalue weighted by molar-refractivity contribution is -0.139. The number of fused-ring (bicyclic) bond motifs is 2. The fraction of sp³-hybridized carbons (Fsp3) is 0.267. The molecule has 2 saturated heterocycles. The normalized spacial score (nSPS) is 23.2. The van der Waals surface area contributed by atoms with Gasteiger partial charge in [-0.2, -0.15) is 0 Å². The van der Waals surface area contributed by atoms with Crippen molar-refractivity contribution < 1.29 is 23.9 Å². The summed E-state index contributed by atoms with van der Waals surface area (Å²) in [5, 5.41) is 1.99. The van der Waals surface area contributed by atoms with E-state index < -0.39 is 11.9 Å². The van der Waals surface area contributed by atoms with Gasteiger partial charge in [0.15, 0.2) is 0 Å². The van der Waals surface area contributed by atoms with Crippen molar-refractivity contribution in [1.29, 1.82) is 0 Å². The Labute approximate surface area is 214 Å². The van der Waals surface area contributed by atoms with Crippen LogP contribution < -0.4 is 14.5 Å². The number of hydrogen-bond acceptors (Lipinski definition) is 5. The van der Waals surface area contributed by atoms with Gasteiger partial charge in [0.05, 0.1) is 29.1 Å². The number of allylic oxidation sites excluding steroid dienone is 2. The monoisotopic (exact) mass is 494 g/mol. The number of carbonyl (C=O) groups is 4. The zero-order valence-electron chi connectivity index (χ0n) is 20.4. The molecule has 0 saturated carbocycles.